The van der Waals surface area contributed by atoms with Crippen LogP contribution in [-0.4, -0.2) is 18.2 Å². The first-order valence-corrected chi connectivity index (χ1v) is 5.19. The summed E-state index contributed by atoms with van der Waals surface area (Å²) in [6.07, 6.45) is 1.14. The van der Waals surface area contributed by atoms with Crippen molar-refractivity contribution in [1.82, 2.24) is 5.32 Å². The summed E-state index contributed by atoms with van der Waals surface area (Å²) in [7, 11) is 0. The fraction of sp³-hybridized carbons (Fsp3) is 0.500. The third-order valence-corrected chi connectivity index (χ3v) is 2.97. The maximum absolute atomic E-state index is 9.95. The molecule has 1 saturated heterocycles. The van der Waals surface area contributed by atoms with Crippen LogP contribution in [0.15, 0.2) is 12.1 Å². The lowest BCUT2D eigenvalue weighted by Gasteiger charge is -2.13. The van der Waals surface area contributed by atoms with Gasteiger partial charge in [-0.2, -0.15) is 0 Å². The van der Waals surface area contributed by atoms with Gasteiger partial charge < -0.3 is 10.4 Å². The Morgan fingerprint density at radius 1 is 1.36 bits per heavy atom. The average molecular weight is 191 g/mol. The number of nitrogens with one attached hydrogen (secondary N) is 1. The summed E-state index contributed by atoms with van der Waals surface area (Å²) in [6, 6.07) is 4.14. The molecule has 1 aliphatic heterocycles. The highest BCUT2D eigenvalue weighted by atomic mass is 16.3. The van der Waals surface area contributed by atoms with Crippen LogP contribution in [0.5, 0.6) is 5.75 Å². The van der Waals surface area contributed by atoms with Gasteiger partial charge in [-0.3, -0.25) is 0 Å². The lowest BCUT2D eigenvalue weighted by Crippen LogP contribution is -2.08. The molecule has 1 fully saturated rings. The molecule has 1 aromatic rings. The summed E-state index contributed by atoms with van der Waals surface area (Å²) < 4.78 is 0. The first-order valence-electron chi connectivity index (χ1n) is 5.19. The van der Waals surface area contributed by atoms with Gasteiger partial charge in [0.15, 0.2) is 0 Å². The summed E-state index contributed by atoms with van der Waals surface area (Å²) >= 11 is 0. The number of hydrogen-bond donors (Lipinski definition) is 2. The van der Waals surface area contributed by atoms with E-state index in [0.717, 1.165) is 30.6 Å². The van der Waals surface area contributed by atoms with E-state index in [1.807, 2.05) is 13.0 Å². The minimum atomic E-state index is 0.490. The van der Waals surface area contributed by atoms with Gasteiger partial charge >= 0.3 is 0 Å². The number of rotatable bonds is 1. The summed E-state index contributed by atoms with van der Waals surface area (Å²) in [4.78, 5) is 0. The Bertz CT molecular complexity index is 340. The number of benzene rings is 1. The molecule has 2 heteroatoms. The molecule has 2 nitrogen and oxygen atoms in total. The van der Waals surface area contributed by atoms with Crippen LogP contribution in [0, 0.1) is 13.8 Å². The van der Waals surface area contributed by atoms with Crippen LogP contribution in [-0.2, 0) is 0 Å². The van der Waals surface area contributed by atoms with Gasteiger partial charge in [0.05, 0.1) is 0 Å². The molecule has 0 radical (unpaired) electrons. The molecular weight excluding hydrogens is 174 g/mol. The van der Waals surface area contributed by atoms with Gasteiger partial charge in [0.25, 0.3) is 0 Å². The van der Waals surface area contributed by atoms with Crippen molar-refractivity contribution in [1.29, 1.82) is 0 Å². The summed E-state index contributed by atoms with van der Waals surface area (Å²) in [5, 5.41) is 13.3. The zero-order valence-electron chi connectivity index (χ0n) is 8.80. The number of hydrogen-bond acceptors (Lipinski definition) is 2. The van der Waals surface area contributed by atoms with Crippen LogP contribution in [0.2, 0.25) is 0 Å². The zero-order valence-corrected chi connectivity index (χ0v) is 8.80. The van der Waals surface area contributed by atoms with E-state index in [9.17, 15) is 5.11 Å². The SMILES string of the molecule is Cc1cc(C)c(O)c(C2CCNC2)c1. The van der Waals surface area contributed by atoms with Gasteiger partial charge in [-0.05, 0) is 37.9 Å². The first-order chi connectivity index (χ1) is 6.68. The molecule has 1 unspecified atom stereocenters. The highest BCUT2D eigenvalue weighted by Gasteiger charge is 2.20. The van der Waals surface area contributed by atoms with Crippen molar-refractivity contribution in [3.8, 4) is 5.75 Å². The van der Waals surface area contributed by atoms with E-state index < -0.39 is 0 Å². The maximum atomic E-state index is 9.95. The van der Waals surface area contributed by atoms with E-state index in [4.69, 9.17) is 0 Å². The first kappa shape index (κ1) is 9.53. The molecule has 0 aliphatic carbocycles. The monoisotopic (exact) mass is 191 g/mol. The van der Waals surface area contributed by atoms with E-state index in [1.54, 1.807) is 0 Å². The van der Waals surface area contributed by atoms with Crippen LogP contribution >= 0.6 is 0 Å². The Hall–Kier alpha value is -1.02. The van der Waals surface area contributed by atoms with Crippen LogP contribution < -0.4 is 5.32 Å². The van der Waals surface area contributed by atoms with Gasteiger partial charge in [0, 0.05) is 12.5 Å². The highest BCUT2D eigenvalue weighted by molar-refractivity contribution is 5.45. The second-order valence-electron chi connectivity index (χ2n) is 4.21. The Morgan fingerprint density at radius 2 is 2.14 bits per heavy atom. The molecule has 2 rings (SSSR count). The van der Waals surface area contributed by atoms with E-state index >= 15 is 0 Å². The number of phenolic OH excluding ortho intramolecular Hbond substituents is 1. The van der Waals surface area contributed by atoms with Crippen LogP contribution in [0.3, 0.4) is 0 Å². The largest absolute Gasteiger partial charge is 0.507 e. The molecule has 1 aromatic carbocycles. The van der Waals surface area contributed by atoms with Crippen molar-refractivity contribution in [3.63, 3.8) is 0 Å². The molecule has 0 saturated carbocycles. The minimum absolute atomic E-state index is 0.490. The van der Waals surface area contributed by atoms with Crippen LogP contribution in [0.25, 0.3) is 0 Å². The molecule has 0 amide bonds. The van der Waals surface area contributed by atoms with E-state index in [0.29, 0.717) is 11.7 Å². The molecule has 76 valence electrons. The standard InChI is InChI=1S/C12H17NO/c1-8-5-9(2)12(14)11(6-8)10-3-4-13-7-10/h5-6,10,13-14H,3-4,7H2,1-2H3. The molecule has 14 heavy (non-hydrogen) atoms. The lowest BCUT2D eigenvalue weighted by molar-refractivity contribution is 0.458. The summed E-state index contributed by atoms with van der Waals surface area (Å²) in [5.41, 5.74) is 3.35. The molecule has 1 heterocycles. The Kier molecular flexibility index (Phi) is 2.46. The average Bonchev–Trinajstić information content (AvgIpc) is 2.63. The number of aromatic hydroxyl groups is 1. The van der Waals surface area contributed by atoms with Crippen molar-refractivity contribution in [2.75, 3.05) is 13.1 Å². The van der Waals surface area contributed by atoms with Gasteiger partial charge in [0.1, 0.15) is 5.75 Å². The Morgan fingerprint density at radius 3 is 2.79 bits per heavy atom. The molecule has 0 spiro atoms. The molecule has 0 bridgehead atoms. The summed E-state index contributed by atoms with van der Waals surface area (Å²) in [6.45, 7) is 6.11. The third kappa shape index (κ3) is 1.62. The molecule has 2 N–H and O–H groups in total. The fourth-order valence-corrected chi connectivity index (χ4v) is 2.22. The summed E-state index contributed by atoms with van der Waals surface area (Å²) in [5.74, 6) is 0.984. The molecule has 1 atom stereocenters. The van der Waals surface area contributed by atoms with Crippen molar-refractivity contribution in [2.45, 2.75) is 26.2 Å². The predicted molar refractivity (Wildman–Crippen MR) is 57.8 cm³/mol. The van der Waals surface area contributed by atoms with Crippen molar-refractivity contribution in [3.05, 3.63) is 28.8 Å². The Labute approximate surface area is 85.0 Å². The van der Waals surface area contributed by atoms with Gasteiger partial charge in [-0.25, -0.2) is 0 Å². The molecule has 0 aromatic heterocycles. The van der Waals surface area contributed by atoms with E-state index in [-0.39, 0.29) is 0 Å². The smallest absolute Gasteiger partial charge is 0.122 e. The quantitative estimate of drug-likeness (QED) is 0.712. The zero-order chi connectivity index (χ0) is 10.1. The van der Waals surface area contributed by atoms with Crippen molar-refractivity contribution >= 4 is 0 Å². The molecular formula is C12H17NO. The maximum Gasteiger partial charge on any atom is 0.122 e. The minimum Gasteiger partial charge on any atom is -0.507 e. The number of phenols is 1. The second kappa shape index (κ2) is 3.62. The lowest BCUT2D eigenvalue weighted by atomic mass is 9.94. The normalized spacial score (nSPS) is 21.4. The number of aryl methyl sites for hydroxylation is 2. The third-order valence-electron chi connectivity index (χ3n) is 2.97. The van der Waals surface area contributed by atoms with Crippen LogP contribution in [0.1, 0.15) is 29.0 Å². The van der Waals surface area contributed by atoms with Crippen molar-refractivity contribution in [2.24, 2.45) is 0 Å². The highest BCUT2D eigenvalue weighted by Crippen LogP contribution is 2.33. The van der Waals surface area contributed by atoms with Gasteiger partial charge in [-0.15, -0.1) is 0 Å². The predicted octanol–water partition coefficient (Wildman–Crippen LogP) is 2.09. The fourth-order valence-electron chi connectivity index (χ4n) is 2.22. The van der Waals surface area contributed by atoms with E-state index in [1.165, 1.54) is 5.56 Å². The van der Waals surface area contributed by atoms with Crippen LogP contribution in [0.4, 0.5) is 0 Å². The molecule has 1 aliphatic rings. The topological polar surface area (TPSA) is 32.3 Å². The van der Waals surface area contributed by atoms with E-state index in [2.05, 4.69) is 18.3 Å². The van der Waals surface area contributed by atoms with Gasteiger partial charge in [0.2, 0.25) is 0 Å². The Balaban J connectivity index is 2.40. The van der Waals surface area contributed by atoms with Crippen molar-refractivity contribution < 1.29 is 5.11 Å². The van der Waals surface area contributed by atoms with Gasteiger partial charge in [-0.1, -0.05) is 17.7 Å². The second-order valence-corrected chi connectivity index (χ2v) is 4.21.